The molecule has 0 spiro atoms. The Bertz CT molecular complexity index is 522. The topological polar surface area (TPSA) is 78.8 Å². The van der Waals surface area contributed by atoms with E-state index in [1.807, 2.05) is 0 Å². The van der Waals surface area contributed by atoms with E-state index in [4.69, 9.17) is 4.74 Å². The Balaban J connectivity index is 2.16. The van der Waals surface area contributed by atoms with Crippen LogP contribution in [0.15, 0.2) is 24.3 Å². The number of aliphatic hydroxyl groups is 2. The highest BCUT2D eigenvalue weighted by Gasteiger charge is 2.38. The molecule has 5 nitrogen and oxygen atoms in total. The molecule has 2 rings (SSSR count). The van der Waals surface area contributed by atoms with Crippen molar-refractivity contribution >= 4 is 5.91 Å². The lowest BCUT2D eigenvalue weighted by molar-refractivity contribution is -0.135. The molecule has 1 aliphatic rings. The van der Waals surface area contributed by atoms with Gasteiger partial charge in [0.05, 0.1) is 18.6 Å². The summed E-state index contributed by atoms with van der Waals surface area (Å²) >= 11 is 0. The Hall–Kier alpha value is -1.50. The summed E-state index contributed by atoms with van der Waals surface area (Å²) in [6, 6.07) is 6.31. The highest BCUT2D eigenvalue weighted by Crippen LogP contribution is 2.34. The van der Waals surface area contributed by atoms with Crippen molar-refractivity contribution in [2.75, 3.05) is 33.0 Å². The van der Waals surface area contributed by atoms with Gasteiger partial charge in [0.2, 0.25) is 5.91 Å². The Morgan fingerprint density at radius 3 is 2.35 bits per heavy atom. The molecule has 3 N–H and O–H groups in total. The summed E-state index contributed by atoms with van der Waals surface area (Å²) in [6.07, 6.45) is 1.43. The van der Waals surface area contributed by atoms with Gasteiger partial charge in [0.15, 0.2) is 0 Å². The molecule has 1 aromatic carbocycles. The first-order valence-electron chi connectivity index (χ1n) is 7.80. The lowest BCUT2D eigenvalue weighted by Crippen LogP contribution is -2.50. The van der Waals surface area contributed by atoms with E-state index in [-0.39, 0.29) is 11.2 Å². The van der Waals surface area contributed by atoms with Crippen LogP contribution in [0.5, 0.6) is 0 Å². The van der Waals surface area contributed by atoms with Crippen LogP contribution < -0.4 is 5.32 Å². The maximum atomic E-state index is 13.2. The second-order valence-corrected chi connectivity index (χ2v) is 6.46. The number of ether oxygens (including phenoxy) is 1. The fourth-order valence-electron chi connectivity index (χ4n) is 2.79. The number of amides is 1. The van der Waals surface area contributed by atoms with Gasteiger partial charge in [0.25, 0.3) is 0 Å². The molecular weight excluding hydrogens is 301 g/mol. The molecule has 1 heterocycles. The van der Waals surface area contributed by atoms with Gasteiger partial charge < -0.3 is 20.3 Å². The van der Waals surface area contributed by atoms with Crippen molar-refractivity contribution in [3.63, 3.8) is 0 Å². The molecule has 1 aromatic rings. The third kappa shape index (κ3) is 3.88. The monoisotopic (exact) mass is 325 g/mol. The molecule has 0 aromatic heterocycles. The molecule has 1 aliphatic heterocycles. The quantitative estimate of drug-likeness (QED) is 0.728. The van der Waals surface area contributed by atoms with Gasteiger partial charge in [0, 0.05) is 25.2 Å². The van der Waals surface area contributed by atoms with Gasteiger partial charge in [-0.25, -0.2) is 4.39 Å². The van der Waals surface area contributed by atoms with Gasteiger partial charge in [-0.1, -0.05) is 12.1 Å². The second kappa shape index (κ2) is 7.38. The number of aliphatic hydroxyl groups excluding tert-OH is 2. The number of nitrogens with one attached hydrogen (secondary N) is 1. The van der Waals surface area contributed by atoms with Crippen molar-refractivity contribution in [1.29, 1.82) is 0 Å². The maximum absolute atomic E-state index is 13.2. The Kier molecular flexibility index (Phi) is 5.73. The summed E-state index contributed by atoms with van der Waals surface area (Å²) in [5.74, 6) is -0.691. The molecule has 0 saturated carbocycles. The molecule has 0 atom stereocenters. The van der Waals surface area contributed by atoms with Crippen LogP contribution in [0.3, 0.4) is 0 Å². The summed E-state index contributed by atoms with van der Waals surface area (Å²) in [5.41, 5.74) is -0.583. The lowest BCUT2D eigenvalue weighted by atomic mass is 9.74. The predicted molar refractivity (Wildman–Crippen MR) is 83.4 cm³/mol. The van der Waals surface area contributed by atoms with Crippen molar-refractivity contribution in [3.8, 4) is 0 Å². The number of rotatable bonds is 6. The van der Waals surface area contributed by atoms with Crippen LogP contribution in [0.25, 0.3) is 0 Å². The third-order valence-corrected chi connectivity index (χ3v) is 4.74. The smallest absolute Gasteiger partial charge is 0.230 e. The molecular formula is C17H24FNO4. The van der Waals surface area contributed by atoms with E-state index in [0.717, 1.165) is 5.56 Å². The zero-order valence-corrected chi connectivity index (χ0v) is 13.3. The Morgan fingerprint density at radius 1 is 1.26 bits per heavy atom. The third-order valence-electron chi connectivity index (χ3n) is 4.74. The van der Waals surface area contributed by atoms with Gasteiger partial charge in [-0.3, -0.25) is 4.79 Å². The molecule has 1 fully saturated rings. The SMILES string of the molecule is CC(CO)(CO)C(=O)NCC1(c2ccc(F)cc2)CCOCC1. The van der Waals surface area contributed by atoms with Gasteiger partial charge in [0.1, 0.15) is 5.82 Å². The molecule has 0 unspecified atom stereocenters. The fourth-order valence-corrected chi connectivity index (χ4v) is 2.79. The van der Waals surface area contributed by atoms with Crippen molar-refractivity contribution in [2.45, 2.75) is 25.2 Å². The van der Waals surface area contributed by atoms with Crippen LogP contribution in [0.1, 0.15) is 25.3 Å². The fraction of sp³-hybridized carbons (Fsp3) is 0.588. The minimum absolute atomic E-state index is 0.298. The first-order chi connectivity index (χ1) is 11.0. The van der Waals surface area contributed by atoms with Gasteiger partial charge in [-0.15, -0.1) is 0 Å². The number of carbonyl (C=O) groups is 1. The van der Waals surface area contributed by atoms with Crippen molar-refractivity contribution in [1.82, 2.24) is 5.32 Å². The highest BCUT2D eigenvalue weighted by atomic mass is 19.1. The molecule has 6 heteroatoms. The van der Waals surface area contributed by atoms with Crippen molar-refractivity contribution < 1.29 is 24.1 Å². The zero-order valence-electron chi connectivity index (χ0n) is 13.3. The summed E-state index contributed by atoms with van der Waals surface area (Å²) in [6.45, 7) is 2.16. The van der Waals surface area contributed by atoms with Crippen LogP contribution in [0.2, 0.25) is 0 Å². The van der Waals surface area contributed by atoms with Crippen LogP contribution >= 0.6 is 0 Å². The highest BCUT2D eigenvalue weighted by molar-refractivity contribution is 5.82. The van der Waals surface area contributed by atoms with E-state index in [1.165, 1.54) is 19.1 Å². The van der Waals surface area contributed by atoms with E-state index in [2.05, 4.69) is 5.32 Å². The normalized spacial score (nSPS) is 17.7. The maximum Gasteiger partial charge on any atom is 0.230 e. The number of hydrogen-bond acceptors (Lipinski definition) is 4. The lowest BCUT2D eigenvalue weighted by Gasteiger charge is -2.38. The average Bonchev–Trinajstić information content (AvgIpc) is 2.60. The van der Waals surface area contributed by atoms with E-state index >= 15 is 0 Å². The Morgan fingerprint density at radius 2 is 1.83 bits per heavy atom. The number of halogens is 1. The van der Waals surface area contributed by atoms with Crippen LogP contribution in [0, 0.1) is 11.2 Å². The molecule has 1 amide bonds. The largest absolute Gasteiger partial charge is 0.395 e. The van der Waals surface area contributed by atoms with E-state index < -0.39 is 24.5 Å². The molecule has 128 valence electrons. The molecule has 1 saturated heterocycles. The van der Waals surface area contributed by atoms with Gasteiger partial charge in [-0.05, 0) is 37.5 Å². The standard InChI is InChI=1S/C17H24FNO4/c1-16(11-20,12-21)15(22)19-10-17(6-8-23-9-7-17)13-2-4-14(18)5-3-13/h2-5,20-21H,6-12H2,1H3,(H,19,22). The first kappa shape index (κ1) is 17.8. The van der Waals surface area contributed by atoms with Gasteiger partial charge in [-0.2, -0.15) is 0 Å². The van der Waals surface area contributed by atoms with Crippen molar-refractivity contribution in [2.24, 2.45) is 5.41 Å². The van der Waals surface area contributed by atoms with E-state index in [9.17, 15) is 19.4 Å². The summed E-state index contributed by atoms with van der Waals surface area (Å²) in [4.78, 5) is 12.3. The van der Waals surface area contributed by atoms with Gasteiger partial charge >= 0.3 is 0 Å². The van der Waals surface area contributed by atoms with E-state index in [1.54, 1.807) is 12.1 Å². The van der Waals surface area contributed by atoms with Crippen LogP contribution in [-0.4, -0.2) is 49.1 Å². The van der Waals surface area contributed by atoms with Crippen LogP contribution in [0.4, 0.5) is 4.39 Å². The van der Waals surface area contributed by atoms with Crippen molar-refractivity contribution in [3.05, 3.63) is 35.6 Å². The molecule has 0 radical (unpaired) electrons. The zero-order chi connectivity index (χ0) is 16.9. The molecule has 0 aliphatic carbocycles. The molecule has 0 bridgehead atoms. The summed E-state index contributed by atoms with van der Waals surface area (Å²) in [5, 5.41) is 21.5. The number of benzene rings is 1. The number of carbonyl (C=O) groups excluding carboxylic acids is 1. The number of hydrogen-bond donors (Lipinski definition) is 3. The summed E-state index contributed by atoms with van der Waals surface area (Å²) < 4.78 is 18.6. The molecule has 23 heavy (non-hydrogen) atoms. The van der Waals surface area contributed by atoms with Crippen LogP contribution in [-0.2, 0) is 14.9 Å². The first-order valence-corrected chi connectivity index (χ1v) is 7.80. The van der Waals surface area contributed by atoms with E-state index in [0.29, 0.717) is 32.6 Å². The predicted octanol–water partition coefficient (Wildman–Crippen LogP) is 0.981. The summed E-state index contributed by atoms with van der Waals surface area (Å²) in [7, 11) is 0. The minimum atomic E-state index is -1.21. The Labute approximate surface area is 135 Å². The average molecular weight is 325 g/mol. The minimum Gasteiger partial charge on any atom is -0.395 e. The second-order valence-electron chi connectivity index (χ2n) is 6.46.